The molecule has 1 fully saturated rings. The lowest BCUT2D eigenvalue weighted by Gasteiger charge is -2.27. The Morgan fingerprint density at radius 2 is 1.72 bits per heavy atom. The minimum atomic E-state index is 0.377. The van der Waals surface area contributed by atoms with Gasteiger partial charge in [-0.2, -0.15) is 0 Å². The van der Waals surface area contributed by atoms with Crippen LogP contribution in [0, 0.1) is 6.92 Å². The third-order valence-electron chi connectivity index (χ3n) is 4.88. The van der Waals surface area contributed by atoms with Gasteiger partial charge in [0.25, 0.3) is 5.89 Å². The third-order valence-corrected chi connectivity index (χ3v) is 4.88. The van der Waals surface area contributed by atoms with E-state index in [-0.39, 0.29) is 0 Å². The second-order valence-corrected chi connectivity index (χ2v) is 6.74. The normalized spacial score (nSPS) is 14.3. The van der Waals surface area contributed by atoms with Gasteiger partial charge in [-0.05, 0) is 19.1 Å². The van der Waals surface area contributed by atoms with Gasteiger partial charge < -0.3 is 18.6 Å². The quantitative estimate of drug-likeness (QED) is 0.523. The van der Waals surface area contributed by atoms with E-state index in [0.717, 1.165) is 30.0 Å². The first-order chi connectivity index (χ1) is 14.3. The molecule has 0 saturated carbocycles. The van der Waals surface area contributed by atoms with E-state index < -0.39 is 0 Å². The van der Waals surface area contributed by atoms with Crippen LogP contribution in [0.15, 0.2) is 57.6 Å². The molecule has 0 bridgehead atoms. The lowest BCUT2D eigenvalue weighted by Crippen LogP contribution is -2.36. The van der Waals surface area contributed by atoms with E-state index in [9.17, 15) is 0 Å². The Bertz CT molecular complexity index is 1120. The molecule has 0 N–H and O–H groups in total. The van der Waals surface area contributed by atoms with Crippen LogP contribution in [0.25, 0.3) is 34.2 Å². The molecule has 8 nitrogen and oxygen atoms in total. The van der Waals surface area contributed by atoms with E-state index in [1.807, 2.05) is 49.4 Å². The zero-order valence-electron chi connectivity index (χ0n) is 15.9. The molecule has 1 aliphatic heterocycles. The smallest absolute Gasteiger partial charge is 0.254 e. The summed E-state index contributed by atoms with van der Waals surface area (Å²) in [6.07, 6.45) is 1.75. The fraction of sp³-hybridized carbons (Fsp3) is 0.238. The second-order valence-electron chi connectivity index (χ2n) is 6.74. The third kappa shape index (κ3) is 3.38. The topological polar surface area (TPSA) is 90.3 Å². The van der Waals surface area contributed by atoms with Crippen LogP contribution in [0.4, 0.5) is 5.82 Å². The van der Waals surface area contributed by atoms with Crippen molar-refractivity contribution < 1.29 is 13.7 Å². The van der Waals surface area contributed by atoms with Crippen molar-refractivity contribution in [2.45, 2.75) is 6.92 Å². The molecule has 1 saturated heterocycles. The summed E-state index contributed by atoms with van der Waals surface area (Å²) in [6, 6.07) is 13.6. The average Bonchev–Trinajstić information content (AvgIpc) is 3.42. The van der Waals surface area contributed by atoms with Crippen molar-refractivity contribution in [3.05, 3.63) is 54.4 Å². The van der Waals surface area contributed by atoms with Gasteiger partial charge in [0.15, 0.2) is 0 Å². The van der Waals surface area contributed by atoms with Gasteiger partial charge in [-0.25, -0.2) is 4.98 Å². The molecule has 8 heteroatoms. The molecule has 29 heavy (non-hydrogen) atoms. The van der Waals surface area contributed by atoms with Gasteiger partial charge >= 0.3 is 0 Å². The maximum atomic E-state index is 6.01. The predicted octanol–water partition coefficient (Wildman–Crippen LogP) is 3.60. The number of pyridine rings is 1. The highest BCUT2D eigenvalue weighted by Crippen LogP contribution is 2.35. The van der Waals surface area contributed by atoms with Crippen molar-refractivity contribution in [1.82, 2.24) is 20.3 Å². The second kappa shape index (κ2) is 7.48. The monoisotopic (exact) mass is 389 g/mol. The number of nitrogens with zero attached hydrogens (tertiary/aromatic N) is 5. The zero-order valence-corrected chi connectivity index (χ0v) is 15.9. The molecule has 1 aliphatic rings. The van der Waals surface area contributed by atoms with Crippen LogP contribution < -0.4 is 4.90 Å². The highest BCUT2D eigenvalue weighted by Gasteiger charge is 2.22. The van der Waals surface area contributed by atoms with Gasteiger partial charge in [-0.1, -0.05) is 35.5 Å². The number of hydrogen-bond acceptors (Lipinski definition) is 8. The summed E-state index contributed by atoms with van der Waals surface area (Å²) in [5, 5.41) is 12.7. The lowest BCUT2D eigenvalue weighted by molar-refractivity contribution is 0.122. The molecule has 0 radical (unpaired) electrons. The van der Waals surface area contributed by atoms with Gasteiger partial charge in [0.05, 0.1) is 13.2 Å². The molecule has 5 rings (SSSR count). The van der Waals surface area contributed by atoms with Crippen molar-refractivity contribution in [2.75, 3.05) is 31.2 Å². The Morgan fingerprint density at radius 3 is 2.55 bits per heavy atom. The maximum Gasteiger partial charge on any atom is 0.254 e. The Labute approximate surface area is 167 Å². The highest BCUT2D eigenvalue weighted by molar-refractivity contribution is 5.78. The molecular formula is C21H19N5O3. The van der Waals surface area contributed by atoms with E-state index >= 15 is 0 Å². The van der Waals surface area contributed by atoms with Gasteiger partial charge in [0, 0.05) is 30.4 Å². The zero-order chi connectivity index (χ0) is 19.6. The first kappa shape index (κ1) is 17.6. The fourth-order valence-corrected chi connectivity index (χ4v) is 3.37. The van der Waals surface area contributed by atoms with Crippen molar-refractivity contribution in [1.29, 1.82) is 0 Å². The summed E-state index contributed by atoms with van der Waals surface area (Å²) in [6.45, 7) is 4.86. The van der Waals surface area contributed by atoms with E-state index in [0.29, 0.717) is 42.0 Å². The summed E-state index contributed by atoms with van der Waals surface area (Å²) in [5.41, 5.74) is 3.13. The van der Waals surface area contributed by atoms with Crippen LogP contribution in [0.3, 0.4) is 0 Å². The molecule has 4 aromatic rings. The van der Waals surface area contributed by atoms with Crippen LogP contribution in [0.2, 0.25) is 0 Å². The summed E-state index contributed by atoms with van der Waals surface area (Å²) >= 11 is 0. The van der Waals surface area contributed by atoms with Gasteiger partial charge in [0.1, 0.15) is 22.8 Å². The number of hydrogen-bond donors (Lipinski definition) is 0. The van der Waals surface area contributed by atoms with Gasteiger partial charge in [0.2, 0.25) is 5.89 Å². The highest BCUT2D eigenvalue weighted by atomic mass is 16.5. The molecular weight excluding hydrogens is 370 g/mol. The minimum Gasteiger partial charge on any atom is -0.416 e. The summed E-state index contributed by atoms with van der Waals surface area (Å²) in [4.78, 5) is 6.65. The number of aryl methyl sites for hydroxylation is 1. The number of benzene rings is 1. The van der Waals surface area contributed by atoms with Crippen LogP contribution in [-0.4, -0.2) is 46.6 Å². The number of anilines is 1. The molecule has 3 aromatic heterocycles. The molecule has 0 aliphatic carbocycles. The Balaban J connectivity index is 1.49. The minimum absolute atomic E-state index is 0.377. The lowest BCUT2D eigenvalue weighted by atomic mass is 10.1. The van der Waals surface area contributed by atoms with Gasteiger partial charge in [-0.15, -0.1) is 10.2 Å². The van der Waals surface area contributed by atoms with Gasteiger partial charge in [-0.3, -0.25) is 0 Å². The molecule has 0 amide bonds. The Kier molecular flexibility index (Phi) is 4.53. The molecule has 0 spiro atoms. The fourth-order valence-electron chi connectivity index (χ4n) is 3.37. The van der Waals surface area contributed by atoms with Crippen LogP contribution in [0.5, 0.6) is 0 Å². The van der Waals surface area contributed by atoms with Crippen molar-refractivity contribution in [3.63, 3.8) is 0 Å². The first-order valence-electron chi connectivity index (χ1n) is 9.44. The number of aromatic nitrogens is 4. The molecule has 1 aromatic carbocycles. The number of ether oxygens (including phenoxy) is 1. The van der Waals surface area contributed by atoms with Crippen LogP contribution in [0.1, 0.15) is 5.76 Å². The largest absolute Gasteiger partial charge is 0.416 e. The average molecular weight is 389 g/mol. The molecule has 0 unspecified atom stereocenters. The van der Waals surface area contributed by atoms with E-state index in [2.05, 4.69) is 25.2 Å². The van der Waals surface area contributed by atoms with Crippen LogP contribution in [-0.2, 0) is 4.74 Å². The molecule has 146 valence electrons. The van der Waals surface area contributed by atoms with Crippen molar-refractivity contribution >= 4 is 5.82 Å². The number of rotatable bonds is 4. The summed E-state index contributed by atoms with van der Waals surface area (Å²) < 4.78 is 16.8. The maximum absolute atomic E-state index is 6.01. The van der Waals surface area contributed by atoms with Crippen molar-refractivity contribution in [3.8, 4) is 34.2 Å². The standard InChI is InChI=1S/C21H19N5O3/c1-14-18(19(25-29-14)15-5-3-2-4-6-15)21-24-23-20(28-21)16-7-8-22-17(13-16)26-9-11-27-12-10-26/h2-8,13H,9-12H2,1H3. The van der Waals surface area contributed by atoms with E-state index in [1.165, 1.54) is 0 Å². The Morgan fingerprint density at radius 1 is 0.931 bits per heavy atom. The summed E-state index contributed by atoms with van der Waals surface area (Å²) in [5.74, 6) is 2.30. The number of morpholine rings is 1. The SMILES string of the molecule is Cc1onc(-c2ccccc2)c1-c1nnc(-c2ccnc(N3CCOCC3)c2)o1. The molecule has 0 atom stereocenters. The van der Waals surface area contributed by atoms with Crippen LogP contribution >= 0.6 is 0 Å². The summed E-state index contributed by atoms with van der Waals surface area (Å²) in [7, 11) is 0. The first-order valence-corrected chi connectivity index (χ1v) is 9.44. The Hall–Kier alpha value is -3.52. The van der Waals surface area contributed by atoms with E-state index in [4.69, 9.17) is 13.7 Å². The van der Waals surface area contributed by atoms with Crippen molar-refractivity contribution in [2.24, 2.45) is 0 Å². The van der Waals surface area contributed by atoms with E-state index in [1.54, 1.807) is 6.20 Å². The molecule has 4 heterocycles. The predicted molar refractivity (Wildman–Crippen MR) is 106 cm³/mol.